The van der Waals surface area contributed by atoms with Crippen LogP contribution in [0.3, 0.4) is 0 Å². The van der Waals surface area contributed by atoms with E-state index >= 15 is 0 Å². The Hall–Kier alpha value is -2.23. The van der Waals surface area contributed by atoms with Crippen molar-refractivity contribution in [1.29, 1.82) is 0 Å². The van der Waals surface area contributed by atoms with Crippen LogP contribution in [0.15, 0.2) is 24.3 Å². The highest BCUT2D eigenvalue weighted by Gasteiger charge is 2.22. The molecule has 0 bridgehead atoms. The lowest BCUT2D eigenvalue weighted by molar-refractivity contribution is -0.870. The lowest BCUT2D eigenvalue weighted by atomic mass is 10.0. The molecule has 0 aromatic carbocycles. The number of unbranched alkanes of at least 4 members (excludes halogenated alkanes) is 27. The van der Waals surface area contributed by atoms with Crippen LogP contribution in [0, 0.1) is 0 Å². The third kappa shape index (κ3) is 43.8. The summed E-state index contributed by atoms with van der Waals surface area (Å²) in [6.45, 7) is 4.75. The number of rotatable bonds is 46. The lowest BCUT2D eigenvalue weighted by Gasteiger charge is -2.26. The monoisotopic (exact) mass is 850 g/mol. The smallest absolute Gasteiger partial charge is 0.306 e. The average Bonchev–Trinajstić information content (AvgIpc) is 3.21. The zero-order valence-corrected chi connectivity index (χ0v) is 39.8. The second-order valence-electron chi connectivity index (χ2n) is 18.1. The van der Waals surface area contributed by atoms with Gasteiger partial charge in [0.1, 0.15) is 13.2 Å². The highest BCUT2D eigenvalue weighted by Crippen LogP contribution is 2.15. The van der Waals surface area contributed by atoms with Crippen LogP contribution in [0.4, 0.5) is 0 Å². The summed E-state index contributed by atoms with van der Waals surface area (Å²) in [6.07, 6.45) is 44.9. The Morgan fingerprint density at radius 2 is 0.900 bits per heavy atom. The molecule has 0 aromatic rings. The number of nitrogens with zero attached hydrogens (tertiary/aromatic N) is 1. The Kier molecular flexibility index (Phi) is 41.8. The number of carbonyl (C=O) groups is 3. The van der Waals surface area contributed by atoms with Crippen LogP contribution in [-0.2, 0) is 33.3 Å². The van der Waals surface area contributed by atoms with Crippen molar-refractivity contribution < 1.29 is 42.9 Å². The minimum atomic E-state index is -1.62. The Morgan fingerprint density at radius 3 is 1.32 bits per heavy atom. The first-order valence-electron chi connectivity index (χ1n) is 25.0. The van der Waals surface area contributed by atoms with E-state index in [1.165, 1.54) is 141 Å². The minimum Gasteiger partial charge on any atom is -0.545 e. The maximum Gasteiger partial charge on any atom is 0.306 e. The predicted molar refractivity (Wildman–Crippen MR) is 246 cm³/mol. The van der Waals surface area contributed by atoms with Gasteiger partial charge in [-0.25, -0.2) is 0 Å². The molecule has 0 aliphatic carbocycles. The van der Waals surface area contributed by atoms with Gasteiger partial charge in [-0.1, -0.05) is 192 Å². The van der Waals surface area contributed by atoms with Crippen molar-refractivity contribution in [3.8, 4) is 0 Å². The second kappa shape index (κ2) is 43.4. The van der Waals surface area contributed by atoms with Crippen molar-refractivity contribution in [3.63, 3.8) is 0 Å². The fraction of sp³-hybridized carbons (Fsp3) is 0.863. The first kappa shape index (κ1) is 57.8. The molecule has 0 aromatic heterocycles. The van der Waals surface area contributed by atoms with Gasteiger partial charge in [0.25, 0.3) is 0 Å². The molecule has 0 spiro atoms. The number of carbonyl (C=O) groups excluding carboxylic acids is 3. The standard InChI is InChI=1S/C51H95NO8/c1-6-8-10-12-14-16-18-20-22-23-24-25-26-27-28-30-32-34-36-38-40-42-49(54)60-47(46-59-51(50(55)56)57-44-43-52(3,4)5)45-58-48(53)41-39-37-35-33-31-29-21-19-17-15-13-11-9-7-2/h18,20,23-24,47,51H,6-17,19,21-22,25-46H2,1-5H3/b20-18-,24-23-. The first-order valence-corrected chi connectivity index (χ1v) is 25.0. The van der Waals surface area contributed by atoms with E-state index in [-0.39, 0.29) is 32.2 Å². The number of hydrogen-bond donors (Lipinski definition) is 0. The lowest BCUT2D eigenvalue weighted by Crippen LogP contribution is -2.44. The van der Waals surface area contributed by atoms with Crippen LogP contribution in [0.25, 0.3) is 0 Å². The predicted octanol–water partition coefficient (Wildman–Crippen LogP) is 12.3. The molecule has 0 radical (unpaired) electrons. The summed E-state index contributed by atoms with van der Waals surface area (Å²) < 4.78 is 22.6. The van der Waals surface area contributed by atoms with E-state index in [2.05, 4.69) is 38.2 Å². The van der Waals surface area contributed by atoms with Gasteiger partial charge in [-0.15, -0.1) is 0 Å². The number of carboxylic acids is 1. The summed E-state index contributed by atoms with van der Waals surface area (Å²) in [5.41, 5.74) is 0. The highest BCUT2D eigenvalue weighted by atomic mass is 16.7. The fourth-order valence-electron chi connectivity index (χ4n) is 7.04. The third-order valence-electron chi connectivity index (χ3n) is 11.0. The molecule has 2 atom stereocenters. The van der Waals surface area contributed by atoms with E-state index in [0.717, 1.165) is 51.4 Å². The molecule has 60 heavy (non-hydrogen) atoms. The van der Waals surface area contributed by atoms with Crippen molar-refractivity contribution in [1.82, 2.24) is 0 Å². The molecule has 0 aliphatic heterocycles. The molecule has 0 fully saturated rings. The maximum absolute atomic E-state index is 12.8. The summed E-state index contributed by atoms with van der Waals surface area (Å²) in [6, 6.07) is 0. The SMILES string of the molecule is CCCCCCC/C=C\C/C=C\CCCCCCCCCCCC(=O)OC(COC(=O)CCCCCCCCCCCCCCCC)COC(OCC[N+](C)(C)C)C(=O)[O-]. The number of carboxylic acid groups (broad SMARTS) is 1. The Labute approximate surface area is 369 Å². The molecule has 0 saturated heterocycles. The van der Waals surface area contributed by atoms with Gasteiger partial charge in [0, 0.05) is 12.8 Å². The molecular weight excluding hydrogens is 755 g/mol. The van der Waals surface area contributed by atoms with E-state index in [1.807, 2.05) is 21.1 Å². The molecular formula is C51H95NO8. The molecule has 0 N–H and O–H groups in total. The fourth-order valence-corrected chi connectivity index (χ4v) is 7.04. The van der Waals surface area contributed by atoms with E-state index in [9.17, 15) is 19.5 Å². The van der Waals surface area contributed by atoms with Crippen molar-refractivity contribution >= 4 is 17.9 Å². The number of quaternary nitrogens is 1. The van der Waals surface area contributed by atoms with Crippen LogP contribution >= 0.6 is 0 Å². The van der Waals surface area contributed by atoms with Gasteiger partial charge in [-0.2, -0.15) is 0 Å². The van der Waals surface area contributed by atoms with E-state index in [4.69, 9.17) is 18.9 Å². The number of hydrogen-bond acceptors (Lipinski definition) is 8. The normalized spacial score (nSPS) is 13.0. The molecule has 9 heteroatoms. The number of allylic oxidation sites excluding steroid dienone is 4. The summed E-state index contributed by atoms with van der Waals surface area (Å²) in [5, 5.41) is 11.7. The van der Waals surface area contributed by atoms with Crippen molar-refractivity contribution in [2.24, 2.45) is 0 Å². The summed E-state index contributed by atoms with van der Waals surface area (Å²) in [7, 11) is 5.92. The number of aliphatic carboxylic acids is 1. The minimum absolute atomic E-state index is 0.149. The molecule has 9 nitrogen and oxygen atoms in total. The Bertz CT molecular complexity index is 1040. The maximum atomic E-state index is 12.8. The van der Waals surface area contributed by atoms with Gasteiger partial charge in [0.05, 0.1) is 40.3 Å². The highest BCUT2D eigenvalue weighted by molar-refractivity contribution is 5.70. The molecule has 0 rings (SSSR count). The van der Waals surface area contributed by atoms with Crippen LogP contribution in [0.1, 0.15) is 226 Å². The van der Waals surface area contributed by atoms with Gasteiger partial charge in [0.15, 0.2) is 12.4 Å². The zero-order valence-electron chi connectivity index (χ0n) is 39.8. The quantitative estimate of drug-likeness (QED) is 0.0196. The van der Waals surface area contributed by atoms with Gasteiger partial charge < -0.3 is 33.3 Å². The Morgan fingerprint density at radius 1 is 0.500 bits per heavy atom. The van der Waals surface area contributed by atoms with Crippen molar-refractivity contribution in [2.75, 3.05) is 47.5 Å². The second-order valence-corrected chi connectivity index (χ2v) is 18.1. The van der Waals surface area contributed by atoms with E-state index in [0.29, 0.717) is 23.9 Å². The molecule has 0 aliphatic rings. The van der Waals surface area contributed by atoms with Gasteiger partial charge in [0.2, 0.25) is 0 Å². The van der Waals surface area contributed by atoms with Crippen LogP contribution in [0.2, 0.25) is 0 Å². The summed E-state index contributed by atoms with van der Waals surface area (Å²) in [5.74, 6) is -2.28. The first-order chi connectivity index (χ1) is 29.1. The van der Waals surface area contributed by atoms with Crippen LogP contribution < -0.4 is 5.11 Å². The van der Waals surface area contributed by atoms with Gasteiger partial charge in [-0.05, 0) is 44.9 Å². The number of ether oxygens (including phenoxy) is 4. The zero-order chi connectivity index (χ0) is 44.2. The molecule has 2 unspecified atom stereocenters. The topological polar surface area (TPSA) is 111 Å². The van der Waals surface area contributed by atoms with Crippen LogP contribution in [0.5, 0.6) is 0 Å². The number of likely N-dealkylation sites (N-methyl/N-ethyl adjacent to an activating group) is 1. The molecule has 0 saturated carbocycles. The van der Waals surface area contributed by atoms with E-state index < -0.39 is 24.3 Å². The van der Waals surface area contributed by atoms with Gasteiger partial charge in [-0.3, -0.25) is 9.59 Å². The Balaban J connectivity index is 4.34. The summed E-state index contributed by atoms with van der Waals surface area (Å²) in [4.78, 5) is 37.1. The van der Waals surface area contributed by atoms with Crippen molar-refractivity contribution in [3.05, 3.63) is 24.3 Å². The molecule has 0 heterocycles. The molecule has 0 amide bonds. The molecule has 352 valence electrons. The average molecular weight is 850 g/mol. The van der Waals surface area contributed by atoms with Crippen LogP contribution in [-0.4, -0.2) is 82.3 Å². The number of esters is 2. The largest absolute Gasteiger partial charge is 0.545 e. The third-order valence-corrected chi connectivity index (χ3v) is 11.0. The van der Waals surface area contributed by atoms with Gasteiger partial charge >= 0.3 is 11.9 Å². The summed E-state index contributed by atoms with van der Waals surface area (Å²) >= 11 is 0. The van der Waals surface area contributed by atoms with Crippen molar-refractivity contribution in [2.45, 2.75) is 238 Å². The van der Waals surface area contributed by atoms with E-state index in [1.54, 1.807) is 0 Å².